The first-order valence-electron chi connectivity index (χ1n) is 6.86. The fourth-order valence-corrected chi connectivity index (χ4v) is 1.86. The Labute approximate surface area is 119 Å². The lowest BCUT2D eigenvalue weighted by Gasteiger charge is -2.19. The van der Waals surface area contributed by atoms with Crippen LogP contribution in [0.4, 0.5) is 5.69 Å². The van der Waals surface area contributed by atoms with Gasteiger partial charge in [-0.2, -0.15) is 0 Å². The second-order valence-electron chi connectivity index (χ2n) is 4.38. The van der Waals surface area contributed by atoms with Crippen LogP contribution in [0.15, 0.2) is 18.2 Å². The zero-order valence-electron chi connectivity index (χ0n) is 12.3. The lowest BCUT2D eigenvalue weighted by molar-refractivity contribution is -0.132. The van der Waals surface area contributed by atoms with Crippen LogP contribution in [0.25, 0.3) is 0 Å². The Morgan fingerprint density at radius 3 is 2.35 bits per heavy atom. The number of nitrogen functional groups attached to an aromatic ring is 1. The molecule has 1 aromatic carbocycles. The molecule has 1 rings (SSSR count). The molecule has 0 radical (unpaired) electrons. The summed E-state index contributed by atoms with van der Waals surface area (Å²) in [4.78, 5) is 25.1. The van der Waals surface area contributed by atoms with Gasteiger partial charge in [0.15, 0.2) is 12.4 Å². The van der Waals surface area contributed by atoms with Crippen LogP contribution in [0.2, 0.25) is 0 Å². The van der Waals surface area contributed by atoms with Gasteiger partial charge in [-0.3, -0.25) is 9.59 Å². The molecule has 20 heavy (non-hydrogen) atoms. The molecule has 5 heteroatoms. The topological polar surface area (TPSA) is 72.6 Å². The van der Waals surface area contributed by atoms with Gasteiger partial charge in [0.1, 0.15) is 5.75 Å². The molecule has 0 aromatic heterocycles. The monoisotopic (exact) mass is 278 g/mol. The van der Waals surface area contributed by atoms with Crippen LogP contribution >= 0.6 is 0 Å². The number of hydrogen-bond acceptors (Lipinski definition) is 4. The standard InChI is InChI=1S/C15H22N2O3/c1-4-13(18)11-7-8-14(12(16)9-11)20-10-15(19)17(5-2)6-3/h7-9H,4-6,10,16H2,1-3H3. The van der Waals surface area contributed by atoms with Crippen LogP contribution in [0.3, 0.4) is 0 Å². The highest BCUT2D eigenvalue weighted by Crippen LogP contribution is 2.23. The van der Waals surface area contributed by atoms with E-state index in [-0.39, 0.29) is 18.3 Å². The predicted molar refractivity (Wildman–Crippen MR) is 78.9 cm³/mol. The number of Topliss-reactive ketones (excluding diaryl/α,β-unsaturated/α-hetero) is 1. The second-order valence-corrected chi connectivity index (χ2v) is 4.38. The van der Waals surface area contributed by atoms with Crippen LogP contribution in [-0.4, -0.2) is 36.3 Å². The van der Waals surface area contributed by atoms with Gasteiger partial charge in [0.25, 0.3) is 5.91 Å². The van der Waals surface area contributed by atoms with Crippen molar-refractivity contribution < 1.29 is 14.3 Å². The van der Waals surface area contributed by atoms with E-state index in [1.54, 1.807) is 30.0 Å². The van der Waals surface area contributed by atoms with Gasteiger partial charge in [-0.25, -0.2) is 0 Å². The van der Waals surface area contributed by atoms with Crippen LogP contribution in [0.1, 0.15) is 37.6 Å². The first kappa shape index (κ1) is 16.0. The van der Waals surface area contributed by atoms with Gasteiger partial charge >= 0.3 is 0 Å². The van der Waals surface area contributed by atoms with E-state index in [0.717, 1.165) is 0 Å². The molecule has 0 spiro atoms. The summed E-state index contributed by atoms with van der Waals surface area (Å²) in [6, 6.07) is 4.89. The number of amides is 1. The summed E-state index contributed by atoms with van der Waals surface area (Å²) in [6.07, 6.45) is 0.431. The van der Waals surface area contributed by atoms with E-state index in [0.29, 0.717) is 36.5 Å². The summed E-state index contributed by atoms with van der Waals surface area (Å²) >= 11 is 0. The van der Waals surface area contributed by atoms with Gasteiger partial charge in [-0.15, -0.1) is 0 Å². The average Bonchev–Trinajstić information content (AvgIpc) is 2.46. The third-order valence-electron chi connectivity index (χ3n) is 3.12. The van der Waals surface area contributed by atoms with Crippen LogP contribution in [0, 0.1) is 0 Å². The minimum atomic E-state index is -0.0805. The van der Waals surface area contributed by atoms with Crippen molar-refractivity contribution in [1.82, 2.24) is 4.90 Å². The van der Waals surface area contributed by atoms with Gasteiger partial charge in [-0.1, -0.05) is 6.92 Å². The molecule has 2 N–H and O–H groups in total. The van der Waals surface area contributed by atoms with Crippen molar-refractivity contribution in [2.45, 2.75) is 27.2 Å². The molecule has 0 bridgehead atoms. The second kappa shape index (κ2) is 7.53. The van der Waals surface area contributed by atoms with E-state index >= 15 is 0 Å². The number of benzene rings is 1. The summed E-state index contributed by atoms with van der Waals surface area (Å²) < 4.78 is 5.42. The number of hydrogen-bond donors (Lipinski definition) is 1. The maximum Gasteiger partial charge on any atom is 0.260 e. The molecule has 0 atom stereocenters. The van der Waals surface area contributed by atoms with E-state index in [9.17, 15) is 9.59 Å². The van der Waals surface area contributed by atoms with E-state index in [2.05, 4.69) is 0 Å². The molecule has 0 aliphatic heterocycles. The molecule has 0 saturated heterocycles. The number of carbonyl (C=O) groups is 2. The quantitative estimate of drug-likeness (QED) is 0.612. The van der Waals surface area contributed by atoms with Gasteiger partial charge in [0, 0.05) is 25.1 Å². The number of rotatable bonds is 7. The smallest absolute Gasteiger partial charge is 0.260 e. The highest BCUT2D eigenvalue weighted by atomic mass is 16.5. The number of ketones is 1. The maximum atomic E-state index is 11.8. The third kappa shape index (κ3) is 3.98. The number of ether oxygens (including phenoxy) is 1. The van der Waals surface area contributed by atoms with Crippen molar-refractivity contribution in [2.24, 2.45) is 0 Å². The third-order valence-corrected chi connectivity index (χ3v) is 3.12. The summed E-state index contributed by atoms with van der Waals surface area (Å²) in [6.45, 7) is 6.89. The molecular weight excluding hydrogens is 256 g/mol. The van der Waals surface area contributed by atoms with Gasteiger partial charge < -0.3 is 15.4 Å². The van der Waals surface area contributed by atoms with Crippen LogP contribution in [-0.2, 0) is 4.79 Å². The zero-order valence-corrected chi connectivity index (χ0v) is 12.3. The number of anilines is 1. The van der Waals surface area contributed by atoms with E-state index in [4.69, 9.17) is 10.5 Å². The molecular formula is C15H22N2O3. The Hall–Kier alpha value is -2.04. The van der Waals surface area contributed by atoms with Crippen molar-refractivity contribution in [3.8, 4) is 5.75 Å². The fraction of sp³-hybridized carbons (Fsp3) is 0.467. The van der Waals surface area contributed by atoms with E-state index < -0.39 is 0 Å². The number of carbonyl (C=O) groups excluding carboxylic acids is 2. The predicted octanol–water partition coefficient (Wildman–Crippen LogP) is 2.11. The maximum absolute atomic E-state index is 11.8. The fourth-order valence-electron chi connectivity index (χ4n) is 1.86. The Kier molecular flexibility index (Phi) is 6.03. The molecule has 5 nitrogen and oxygen atoms in total. The molecule has 110 valence electrons. The van der Waals surface area contributed by atoms with Crippen molar-refractivity contribution in [2.75, 3.05) is 25.4 Å². The van der Waals surface area contributed by atoms with Gasteiger partial charge in [0.05, 0.1) is 5.69 Å². The Morgan fingerprint density at radius 2 is 1.85 bits per heavy atom. The summed E-state index contributed by atoms with van der Waals surface area (Å²) in [7, 11) is 0. The molecule has 1 aromatic rings. The molecule has 0 heterocycles. The average molecular weight is 278 g/mol. The van der Waals surface area contributed by atoms with Crippen molar-refractivity contribution in [3.05, 3.63) is 23.8 Å². The van der Waals surface area contributed by atoms with Crippen molar-refractivity contribution >= 4 is 17.4 Å². The largest absolute Gasteiger partial charge is 0.482 e. The van der Waals surface area contributed by atoms with Gasteiger partial charge in [-0.05, 0) is 32.0 Å². The first-order valence-corrected chi connectivity index (χ1v) is 6.86. The minimum absolute atomic E-state index is 0.0301. The Morgan fingerprint density at radius 1 is 1.20 bits per heavy atom. The molecule has 0 aliphatic carbocycles. The summed E-state index contributed by atoms with van der Waals surface area (Å²) in [5, 5.41) is 0. The van der Waals surface area contributed by atoms with Crippen LogP contribution in [0.5, 0.6) is 5.75 Å². The molecule has 1 amide bonds. The Bertz CT molecular complexity index is 482. The SMILES string of the molecule is CCC(=O)c1ccc(OCC(=O)N(CC)CC)c(N)c1. The van der Waals surface area contributed by atoms with E-state index in [1.165, 1.54) is 0 Å². The Balaban J connectivity index is 2.70. The minimum Gasteiger partial charge on any atom is -0.482 e. The molecule has 0 fully saturated rings. The molecule has 0 aliphatic rings. The highest BCUT2D eigenvalue weighted by Gasteiger charge is 2.12. The lowest BCUT2D eigenvalue weighted by Crippen LogP contribution is -2.34. The number of nitrogens with zero attached hydrogens (tertiary/aromatic N) is 1. The normalized spacial score (nSPS) is 10.2. The highest BCUT2D eigenvalue weighted by molar-refractivity contribution is 5.97. The van der Waals surface area contributed by atoms with Gasteiger partial charge in [0.2, 0.25) is 0 Å². The van der Waals surface area contributed by atoms with Crippen molar-refractivity contribution in [1.29, 1.82) is 0 Å². The van der Waals surface area contributed by atoms with E-state index in [1.807, 2.05) is 13.8 Å². The van der Waals surface area contributed by atoms with Crippen LogP contribution < -0.4 is 10.5 Å². The number of nitrogens with two attached hydrogens (primary N) is 1. The summed E-state index contributed by atoms with van der Waals surface area (Å²) in [5.41, 5.74) is 6.77. The first-order chi connectivity index (χ1) is 9.53. The molecule has 0 unspecified atom stereocenters. The summed E-state index contributed by atoms with van der Waals surface area (Å²) in [5.74, 6) is 0.378. The van der Waals surface area contributed by atoms with Crippen molar-refractivity contribution in [3.63, 3.8) is 0 Å². The molecule has 0 saturated carbocycles. The zero-order chi connectivity index (χ0) is 15.1. The lowest BCUT2D eigenvalue weighted by atomic mass is 10.1. The number of likely N-dealkylation sites (N-methyl/N-ethyl adjacent to an activating group) is 1.